The van der Waals surface area contributed by atoms with Gasteiger partial charge in [0, 0.05) is 0 Å². The summed E-state index contributed by atoms with van der Waals surface area (Å²) < 4.78 is 4.56. The van der Waals surface area contributed by atoms with Crippen LogP contribution in [0.5, 0.6) is 0 Å². The minimum Gasteiger partial charge on any atom is -0.481 e. The van der Waals surface area contributed by atoms with Crippen LogP contribution in [0.25, 0.3) is 0 Å². The number of hydrogen-bond donors (Lipinski definition) is 1. The number of carbonyl (C=O) groups is 2. The van der Waals surface area contributed by atoms with E-state index in [1.165, 1.54) is 7.11 Å². The van der Waals surface area contributed by atoms with E-state index in [1.807, 2.05) is 37.3 Å². The molecule has 0 heterocycles. The van der Waals surface area contributed by atoms with E-state index in [0.717, 1.165) is 5.56 Å². The first-order valence-corrected chi connectivity index (χ1v) is 5.94. The fourth-order valence-electron chi connectivity index (χ4n) is 2.12. The van der Waals surface area contributed by atoms with E-state index in [0.29, 0.717) is 6.42 Å². The Morgan fingerprint density at radius 2 is 1.89 bits per heavy atom. The van der Waals surface area contributed by atoms with E-state index in [2.05, 4.69) is 4.74 Å². The standard InChI is InChI=1S/C14H18O4/c1-3-11(10-7-5-4-6-8-10)12(14(16)17)9-13(15)18-2/h4-8,11-12H,3,9H2,1-2H3,(H,16,17). The summed E-state index contributed by atoms with van der Waals surface area (Å²) in [7, 11) is 1.27. The van der Waals surface area contributed by atoms with Gasteiger partial charge in [-0.15, -0.1) is 0 Å². The molecule has 1 aromatic carbocycles. The number of aliphatic carboxylic acids is 1. The molecule has 0 radical (unpaired) electrons. The summed E-state index contributed by atoms with van der Waals surface area (Å²) in [5, 5.41) is 9.27. The van der Waals surface area contributed by atoms with Crippen LogP contribution < -0.4 is 0 Å². The normalized spacial score (nSPS) is 13.7. The molecule has 0 saturated carbocycles. The van der Waals surface area contributed by atoms with Gasteiger partial charge in [0.2, 0.25) is 0 Å². The zero-order valence-electron chi connectivity index (χ0n) is 10.6. The summed E-state index contributed by atoms with van der Waals surface area (Å²) >= 11 is 0. The number of rotatable bonds is 6. The molecule has 4 heteroatoms. The van der Waals surface area contributed by atoms with Crippen LogP contribution in [0.1, 0.15) is 31.2 Å². The Hall–Kier alpha value is -1.84. The van der Waals surface area contributed by atoms with Crippen molar-refractivity contribution in [2.75, 3.05) is 7.11 Å². The molecule has 0 aliphatic rings. The third kappa shape index (κ3) is 3.58. The molecule has 18 heavy (non-hydrogen) atoms. The molecule has 0 fully saturated rings. The van der Waals surface area contributed by atoms with Crippen LogP contribution in [0.4, 0.5) is 0 Å². The summed E-state index contributed by atoms with van der Waals surface area (Å²) in [5.74, 6) is -2.37. The molecule has 1 rings (SSSR count). The van der Waals surface area contributed by atoms with Gasteiger partial charge in [-0.3, -0.25) is 9.59 Å². The monoisotopic (exact) mass is 250 g/mol. The molecule has 98 valence electrons. The molecule has 0 amide bonds. The molecular formula is C14H18O4. The first-order valence-electron chi connectivity index (χ1n) is 5.94. The van der Waals surface area contributed by atoms with Crippen molar-refractivity contribution in [3.05, 3.63) is 35.9 Å². The molecule has 0 aliphatic carbocycles. The van der Waals surface area contributed by atoms with Crippen LogP contribution in [0.3, 0.4) is 0 Å². The maximum atomic E-state index is 11.3. The van der Waals surface area contributed by atoms with Gasteiger partial charge < -0.3 is 9.84 Å². The molecule has 1 N–H and O–H groups in total. The number of hydrogen-bond acceptors (Lipinski definition) is 3. The lowest BCUT2D eigenvalue weighted by Crippen LogP contribution is -2.25. The summed E-state index contributed by atoms with van der Waals surface area (Å²) in [4.78, 5) is 22.6. The number of methoxy groups -OCH3 is 1. The van der Waals surface area contributed by atoms with Gasteiger partial charge in [0.05, 0.1) is 19.4 Å². The molecular weight excluding hydrogens is 232 g/mol. The van der Waals surface area contributed by atoms with E-state index >= 15 is 0 Å². The average Bonchev–Trinajstić information content (AvgIpc) is 2.39. The summed E-state index contributed by atoms with van der Waals surface area (Å²) in [5.41, 5.74) is 0.941. The van der Waals surface area contributed by atoms with E-state index in [4.69, 9.17) is 0 Å². The molecule has 2 atom stereocenters. The predicted molar refractivity (Wildman–Crippen MR) is 67.2 cm³/mol. The van der Waals surface area contributed by atoms with Crippen molar-refractivity contribution in [3.63, 3.8) is 0 Å². The van der Waals surface area contributed by atoms with Gasteiger partial charge in [0.1, 0.15) is 0 Å². The smallest absolute Gasteiger partial charge is 0.307 e. The topological polar surface area (TPSA) is 63.6 Å². The van der Waals surface area contributed by atoms with Gasteiger partial charge in [-0.1, -0.05) is 37.3 Å². The highest BCUT2D eigenvalue weighted by Crippen LogP contribution is 2.30. The Balaban J connectivity index is 2.95. The molecule has 0 aromatic heterocycles. The molecule has 0 bridgehead atoms. The Labute approximate surface area is 107 Å². The van der Waals surface area contributed by atoms with Gasteiger partial charge in [0.15, 0.2) is 0 Å². The van der Waals surface area contributed by atoms with Gasteiger partial charge in [0.25, 0.3) is 0 Å². The summed E-state index contributed by atoms with van der Waals surface area (Å²) in [6.07, 6.45) is 0.567. The highest BCUT2D eigenvalue weighted by molar-refractivity contribution is 5.79. The summed E-state index contributed by atoms with van der Waals surface area (Å²) in [6.45, 7) is 1.92. The van der Waals surface area contributed by atoms with Crippen LogP contribution >= 0.6 is 0 Å². The Bertz CT molecular complexity index is 400. The fourth-order valence-corrected chi connectivity index (χ4v) is 2.12. The van der Waals surface area contributed by atoms with Crippen molar-refractivity contribution in [1.82, 2.24) is 0 Å². The third-order valence-corrected chi connectivity index (χ3v) is 3.08. The fraction of sp³-hybridized carbons (Fsp3) is 0.429. The van der Waals surface area contributed by atoms with Crippen molar-refractivity contribution < 1.29 is 19.4 Å². The number of carboxylic acid groups (broad SMARTS) is 1. The zero-order chi connectivity index (χ0) is 13.5. The van der Waals surface area contributed by atoms with Gasteiger partial charge >= 0.3 is 11.9 Å². The Kier molecular flexibility index (Phi) is 5.36. The number of carbonyl (C=O) groups excluding carboxylic acids is 1. The van der Waals surface area contributed by atoms with Crippen molar-refractivity contribution >= 4 is 11.9 Å². The van der Waals surface area contributed by atoms with Crippen LogP contribution in [-0.4, -0.2) is 24.2 Å². The second-order valence-corrected chi connectivity index (χ2v) is 4.15. The Morgan fingerprint density at radius 1 is 1.28 bits per heavy atom. The highest BCUT2D eigenvalue weighted by atomic mass is 16.5. The lowest BCUT2D eigenvalue weighted by Gasteiger charge is -2.22. The largest absolute Gasteiger partial charge is 0.481 e. The van der Waals surface area contributed by atoms with Crippen LogP contribution in [0, 0.1) is 5.92 Å². The highest BCUT2D eigenvalue weighted by Gasteiger charge is 2.30. The minimum atomic E-state index is -0.962. The minimum absolute atomic E-state index is 0.0980. The quantitative estimate of drug-likeness (QED) is 0.788. The lowest BCUT2D eigenvalue weighted by atomic mass is 9.82. The van der Waals surface area contributed by atoms with Gasteiger partial charge in [-0.25, -0.2) is 0 Å². The zero-order valence-corrected chi connectivity index (χ0v) is 10.6. The average molecular weight is 250 g/mol. The van der Waals surface area contributed by atoms with Crippen molar-refractivity contribution in [2.45, 2.75) is 25.7 Å². The van der Waals surface area contributed by atoms with E-state index in [-0.39, 0.29) is 12.3 Å². The van der Waals surface area contributed by atoms with Crippen LogP contribution in [-0.2, 0) is 14.3 Å². The molecule has 0 spiro atoms. The first kappa shape index (κ1) is 14.2. The number of ether oxygens (including phenoxy) is 1. The van der Waals surface area contributed by atoms with Crippen molar-refractivity contribution in [3.8, 4) is 0 Å². The maximum absolute atomic E-state index is 11.3. The number of carboxylic acids is 1. The summed E-state index contributed by atoms with van der Waals surface area (Å²) in [6, 6.07) is 9.40. The first-order chi connectivity index (χ1) is 8.60. The second kappa shape index (κ2) is 6.79. The molecule has 2 unspecified atom stereocenters. The Morgan fingerprint density at radius 3 is 2.33 bits per heavy atom. The molecule has 0 saturated heterocycles. The van der Waals surface area contributed by atoms with Gasteiger partial charge in [-0.05, 0) is 17.9 Å². The molecule has 4 nitrogen and oxygen atoms in total. The van der Waals surface area contributed by atoms with Crippen molar-refractivity contribution in [2.24, 2.45) is 5.92 Å². The lowest BCUT2D eigenvalue weighted by molar-refractivity contribution is -0.150. The van der Waals surface area contributed by atoms with Crippen LogP contribution in [0.2, 0.25) is 0 Å². The van der Waals surface area contributed by atoms with E-state index < -0.39 is 17.9 Å². The van der Waals surface area contributed by atoms with Crippen LogP contribution in [0.15, 0.2) is 30.3 Å². The van der Waals surface area contributed by atoms with Crippen molar-refractivity contribution in [1.29, 1.82) is 0 Å². The maximum Gasteiger partial charge on any atom is 0.307 e. The van der Waals surface area contributed by atoms with E-state index in [1.54, 1.807) is 0 Å². The number of esters is 1. The van der Waals surface area contributed by atoms with Gasteiger partial charge in [-0.2, -0.15) is 0 Å². The van der Waals surface area contributed by atoms with E-state index in [9.17, 15) is 14.7 Å². The number of benzene rings is 1. The molecule has 1 aromatic rings. The third-order valence-electron chi connectivity index (χ3n) is 3.08. The predicted octanol–water partition coefficient (Wildman–Crippen LogP) is 2.44. The molecule has 0 aliphatic heterocycles. The second-order valence-electron chi connectivity index (χ2n) is 4.15. The SMILES string of the molecule is CCC(c1ccccc1)C(CC(=O)OC)C(=O)O.